The Morgan fingerprint density at radius 3 is 2.00 bits per heavy atom. The van der Waals surface area contributed by atoms with Crippen LogP contribution in [0.3, 0.4) is 0 Å². The average Bonchev–Trinajstić information content (AvgIpc) is 2.72. The standard InChI is InChI=1S/C25H38N2O/c1-4-7-12-18-27(19-13-8-5-2)25(26)23-16-17-24(28-20-9-6-3)22-15-11-10-14-21(22)23/h10-11,14-17,26H,4-9,12-13,18-20H2,1-3H3. The van der Waals surface area contributed by atoms with E-state index in [0.29, 0.717) is 5.84 Å². The average molecular weight is 383 g/mol. The van der Waals surface area contributed by atoms with Crippen molar-refractivity contribution in [2.75, 3.05) is 19.7 Å². The molecule has 2 aromatic rings. The van der Waals surface area contributed by atoms with Gasteiger partial charge in [-0.25, -0.2) is 0 Å². The molecular weight excluding hydrogens is 344 g/mol. The Balaban J connectivity index is 2.26. The Bertz CT molecular complexity index is 716. The fraction of sp³-hybridized carbons (Fsp3) is 0.560. The summed E-state index contributed by atoms with van der Waals surface area (Å²) >= 11 is 0. The molecule has 0 unspecified atom stereocenters. The number of ether oxygens (including phenoxy) is 1. The number of nitrogens with zero attached hydrogens (tertiary/aromatic N) is 1. The number of rotatable bonds is 13. The summed E-state index contributed by atoms with van der Waals surface area (Å²) in [7, 11) is 0. The Hall–Kier alpha value is -2.03. The van der Waals surface area contributed by atoms with Crippen LogP contribution in [0.15, 0.2) is 36.4 Å². The van der Waals surface area contributed by atoms with Crippen LogP contribution in [0.2, 0.25) is 0 Å². The van der Waals surface area contributed by atoms with Crippen molar-refractivity contribution < 1.29 is 4.74 Å². The number of fused-ring (bicyclic) bond motifs is 1. The zero-order valence-corrected chi connectivity index (χ0v) is 18.1. The molecule has 0 aliphatic heterocycles. The molecule has 0 bridgehead atoms. The number of amidine groups is 1. The largest absolute Gasteiger partial charge is 0.493 e. The first-order chi connectivity index (χ1) is 13.7. The third-order valence-electron chi connectivity index (χ3n) is 5.27. The number of benzene rings is 2. The Kier molecular flexibility index (Phi) is 9.88. The van der Waals surface area contributed by atoms with Crippen LogP contribution < -0.4 is 4.74 Å². The summed E-state index contributed by atoms with van der Waals surface area (Å²) in [5.74, 6) is 1.59. The van der Waals surface area contributed by atoms with E-state index in [9.17, 15) is 0 Å². The summed E-state index contributed by atoms with van der Waals surface area (Å²) in [6.45, 7) is 9.34. The van der Waals surface area contributed by atoms with Crippen molar-refractivity contribution in [3.05, 3.63) is 42.0 Å². The molecule has 154 valence electrons. The van der Waals surface area contributed by atoms with E-state index in [-0.39, 0.29) is 0 Å². The van der Waals surface area contributed by atoms with E-state index in [1.165, 1.54) is 25.7 Å². The molecule has 0 saturated heterocycles. The quantitative estimate of drug-likeness (QED) is 0.229. The van der Waals surface area contributed by atoms with Crippen molar-refractivity contribution in [1.82, 2.24) is 4.90 Å². The lowest BCUT2D eigenvalue weighted by Crippen LogP contribution is -2.33. The van der Waals surface area contributed by atoms with Crippen LogP contribution >= 0.6 is 0 Å². The smallest absolute Gasteiger partial charge is 0.128 e. The summed E-state index contributed by atoms with van der Waals surface area (Å²) in [6.07, 6.45) is 9.37. The summed E-state index contributed by atoms with van der Waals surface area (Å²) < 4.78 is 6.03. The molecule has 2 aromatic carbocycles. The predicted octanol–water partition coefficient (Wildman–Crippen LogP) is 7.03. The molecule has 0 heterocycles. The summed E-state index contributed by atoms with van der Waals surface area (Å²) in [6, 6.07) is 12.5. The van der Waals surface area contributed by atoms with E-state index in [1.807, 2.05) is 0 Å². The fourth-order valence-electron chi connectivity index (χ4n) is 3.54. The molecule has 0 aromatic heterocycles. The lowest BCUT2D eigenvalue weighted by atomic mass is 10.0. The molecule has 0 amide bonds. The molecule has 0 spiro atoms. The third-order valence-corrected chi connectivity index (χ3v) is 5.27. The van der Waals surface area contributed by atoms with Gasteiger partial charge in [0.15, 0.2) is 0 Å². The highest BCUT2D eigenvalue weighted by Gasteiger charge is 2.16. The predicted molar refractivity (Wildman–Crippen MR) is 122 cm³/mol. The summed E-state index contributed by atoms with van der Waals surface area (Å²) in [5.41, 5.74) is 1.02. The van der Waals surface area contributed by atoms with Gasteiger partial charge >= 0.3 is 0 Å². The van der Waals surface area contributed by atoms with E-state index in [1.54, 1.807) is 0 Å². The van der Waals surface area contributed by atoms with Gasteiger partial charge in [-0.05, 0) is 36.8 Å². The monoisotopic (exact) mass is 382 g/mol. The van der Waals surface area contributed by atoms with Crippen LogP contribution in [0.25, 0.3) is 10.8 Å². The van der Waals surface area contributed by atoms with Crippen LogP contribution in [0.4, 0.5) is 0 Å². The summed E-state index contributed by atoms with van der Waals surface area (Å²) in [5, 5.41) is 11.2. The van der Waals surface area contributed by atoms with E-state index >= 15 is 0 Å². The minimum atomic E-state index is 0.656. The van der Waals surface area contributed by atoms with Gasteiger partial charge in [-0.1, -0.05) is 77.1 Å². The maximum Gasteiger partial charge on any atom is 0.128 e. The van der Waals surface area contributed by atoms with Gasteiger partial charge in [0.2, 0.25) is 0 Å². The molecule has 0 radical (unpaired) electrons. The minimum Gasteiger partial charge on any atom is -0.493 e. The van der Waals surface area contributed by atoms with Crippen LogP contribution in [0.1, 0.15) is 77.7 Å². The van der Waals surface area contributed by atoms with Crippen molar-refractivity contribution in [1.29, 1.82) is 5.41 Å². The van der Waals surface area contributed by atoms with Gasteiger partial charge in [0.1, 0.15) is 11.6 Å². The van der Waals surface area contributed by atoms with Gasteiger partial charge in [0, 0.05) is 24.0 Å². The normalized spacial score (nSPS) is 11.0. The SMILES string of the molecule is CCCCCN(CCCCC)C(=N)c1ccc(OCCCC)c2ccccc12. The highest BCUT2D eigenvalue weighted by atomic mass is 16.5. The highest BCUT2D eigenvalue weighted by molar-refractivity contribution is 6.09. The highest BCUT2D eigenvalue weighted by Crippen LogP contribution is 2.29. The van der Waals surface area contributed by atoms with Crippen molar-refractivity contribution in [3.8, 4) is 5.75 Å². The molecule has 3 nitrogen and oxygen atoms in total. The first kappa shape index (κ1) is 22.3. The second-order valence-corrected chi connectivity index (χ2v) is 7.61. The molecule has 0 fully saturated rings. The van der Waals surface area contributed by atoms with Crippen LogP contribution in [0.5, 0.6) is 5.75 Å². The Morgan fingerprint density at radius 2 is 1.39 bits per heavy atom. The lowest BCUT2D eigenvalue weighted by Gasteiger charge is -2.26. The van der Waals surface area contributed by atoms with Crippen LogP contribution in [0, 0.1) is 5.41 Å². The first-order valence-electron chi connectivity index (χ1n) is 11.2. The van der Waals surface area contributed by atoms with E-state index in [2.05, 4.69) is 62.1 Å². The maximum atomic E-state index is 8.96. The zero-order valence-electron chi connectivity index (χ0n) is 18.1. The van der Waals surface area contributed by atoms with E-state index < -0.39 is 0 Å². The summed E-state index contributed by atoms with van der Waals surface area (Å²) in [4.78, 5) is 2.28. The molecule has 28 heavy (non-hydrogen) atoms. The molecule has 3 heteroatoms. The molecule has 0 atom stereocenters. The fourth-order valence-corrected chi connectivity index (χ4v) is 3.54. The van der Waals surface area contributed by atoms with Crippen molar-refractivity contribution in [3.63, 3.8) is 0 Å². The van der Waals surface area contributed by atoms with Crippen molar-refractivity contribution in [2.45, 2.75) is 72.1 Å². The lowest BCUT2D eigenvalue weighted by molar-refractivity contribution is 0.313. The molecular formula is C25H38N2O. The first-order valence-corrected chi connectivity index (χ1v) is 11.2. The van der Waals surface area contributed by atoms with Gasteiger partial charge in [-0.2, -0.15) is 0 Å². The van der Waals surface area contributed by atoms with Gasteiger partial charge in [0.05, 0.1) is 6.61 Å². The minimum absolute atomic E-state index is 0.656. The molecule has 1 N–H and O–H groups in total. The molecule has 2 rings (SSSR count). The number of nitrogens with one attached hydrogen (secondary N) is 1. The number of hydrogen-bond acceptors (Lipinski definition) is 2. The van der Waals surface area contributed by atoms with Gasteiger partial charge in [-0.3, -0.25) is 5.41 Å². The maximum absolute atomic E-state index is 8.96. The van der Waals surface area contributed by atoms with Gasteiger partial charge < -0.3 is 9.64 Å². The topological polar surface area (TPSA) is 36.3 Å². The molecule has 0 saturated carbocycles. The second-order valence-electron chi connectivity index (χ2n) is 7.61. The van der Waals surface area contributed by atoms with Crippen molar-refractivity contribution >= 4 is 16.6 Å². The van der Waals surface area contributed by atoms with Crippen LogP contribution in [-0.2, 0) is 0 Å². The number of unbranched alkanes of at least 4 members (excludes halogenated alkanes) is 5. The number of hydrogen-bond donors (Lipinski definition) is 1. The van der Waals surface area contributed by atoms with Crippen LogP contribution in [-0.4, -0.2) is 30.4 Å². The third kappa shape index (κ3) is 6.25. The molecule has 0 aliphatic carbocycles. The Morgan fingerprint density at radius 1 is 0.786 bits per heavy atom. The molecule has 0 aliphatic rings. The van der Waals surface area contributed by atoms with E-state index in [4.69, 9.17) is 10.1 Å². The van der Waals surface area contributed by atoms with Gasteiger partial charge in [-0.15, -0.1) is 0 Å². The van der Waals surface area contributed by atoms with Crippen molar-refractivity contribution in [2.24, 2.45) is 0 Å². The zero-order chi connectivity index (χ0) is 20.2. The Labute approximate surface area is 171 Å². The van der Waals surface area contributed by atoms with E-state index in [0.717, 1.165) is 67.5 Å². The van der Waals surface area contributed by atoms with Gasteiger partial charge in [0.25, 0.3) is 0 Å². The second kappa shape index (κ2) is 12.4.